The van der Waals surface area contributed by atoms with Crippen LogP contribution in [0.2, 0.25) is 0 Å². The summed E-state index contributed by atoms with van der Waals surface area (Å²) < 4.78 is 5.47. The van der Waals surface area contributed by atoms with Gasteiger partial charge in [-0.2, -0.15) is 0 Å². The van der Waals surface area contributed by atoms with E-state index in [1.54, 1.807) is 25.1 Å². The normalized spacial score (nSPS) is 22.6. The average Bonchev–Trinajstić information content (AvgIpc) is 3.11. The Kier molecular flexibility index (Phi) is 8.21. The number of rotatable bonds is 7. The predicted molar refractivity (Wildman–Crippen MR) is 101 cm³/mol. The highest BCUT2D eigenvalue weighted by molar-refractivity contribution is 5.85. The number of carbonyl (C=O) groups excluding carboxylic acids is 1. The van der Waals surface area contributed by atoms with Crippen LogP contribution >= 0.6 is 0 Å². The van der Waals surface area contributed by atoms with E-state index in [4.69, 9.17) is 4.74 Å². The lowest BCUT2D eigenvalue weighted by molar-refractivity contribution is -0.127. The van der Waals surface area contributed by atoms with Crippen molar-refractivity contribution < 1.29 is 9.53 Å². The molecule has 2 aliphatic rings. The highest BCUT2D eigenvalue weighted by atomic mass is 16.5. The molecule has 1 unspecified atom stereocenters. The lowest BCUT2D eigenvalue weighted by Crippen LogP contribution is -2.49. The van der Waals surface area contributed by atoms with Crippen molar-refractivity contribution in [2.45, 2.75) is 25.3 Å². The topological polar surface area (TPSA) is 69.2 Å². The largest absolute Gasteiger partial charge is 0.381 e. The van der Waals surface area contributed by atoms with Gasteiger partial charge in [-0.05, 0) is 25.2 Å². The van der Waals surface area contributed by atoms with Crippen LogP contribution < -0.4 is 10.6 Å². The summed E-state index contributed by atoms with van der Waals surface area (Å²) in [5.41, 5.74) is 0. The molecule has 25 heavy (non-hydrogen) atoms. The number of hydrogen-bond acceptors (Lipinski definition) is 4. The minimum Gasteiger partial charge on any atom is -0.381 e. The third-order valence-electron chi connectivity index (χ3n) is 4.75. The number of nitrogens with zero attached hydrogens (tertiary/aromatic N) is 3. The molecule has 1 amide bonds. The van der Waals surface area contributed by atoms with Gasteiger partial charge in [0.1, 0.15) is 6.54 Å². The lowest BCUT2D eigenvalue weighted by Gasteiger charge is -2.34. The monoisotopic (exact) mass is 351 g/mol. The maximum atomic E-state index is 11.7. The summed E-state index contributed by atoms with van der Waals surface area (Å²) >= 11 is 0. The standard InChI is InChI=1S/C18H33N5O2/c1-4-8-19-18(20-12-17(24)22(2)3)21-16-5-9-23(10-6-16)13-15-7-11-25-14-15/h4,15-16H,1,5-14H2,2-3H3,(H2,19,20,21). The molecule has 2 fully saturated rings. The highest BCUT2D eigenvalue weighted by Gasteiger charge is 2.24. The lowest BCUT2D eigenvalue weighted by atomic mass is 10.0. The molecule has 7 nitrogen and oxygen atoms in total. The molecule has 0 aromatic heterocycles. The number of guanidine groups is 1. The van der Waals surface area contributed by atoms with Gasteiger partial charge in [0.15, 0.2) is 5.96 Å². The van der Waals surface area contributed by atoms with Gasteiger partial charge >= 0.3 is 0 Å². The Morgan fingerprint density at radius 3 is 2.72 bits per heavy atom. The van der Waals surface area contributed by atoms with E-state index in [0.29, 0.717) is 24.5 Å². The van der Waals surface area contributed by atoms with Crippen LogP contribution in [-0.2, 0) is 9.53 Å². The van der Waals surface area contributed by atoms with Crippen LogP contribution in [0.4, 0.5) is 0 Å². The van der Waals surface area contributed by atoms with Crippen molar-refractivity contribution in [2.75, 3.05) is 60.0 Å². The van der Waals surface area contributed by atoms with Gasteiger partial charge in [-0.15, -0.1) is 6.58 Å². The van der Waals surface area contributed by atoms with Crippen LogP contribution in [-0.4, -0.2) is 87.7 Å². The van der Waals surface area contributed by atoms with Gasteiger partial charge in [0.05, 0.1) is 6.61 Å². The Hall–Kier alpha value is -1.60. The number of nitrogens with one attached hydrogen (secondary N) is 2. The van der Waals surface area contributed by atoms with E-state index < -0.39 is 0 Å². The SMILES string of the molecule is C=CCNC(=NCC(=O)N(C)C)NC1CCN(CC2CCOC2)CC1. The molecule has 7 heteroatoms. The number of amides is 1. The van der Waals surface area contributed by atoms with E-state index in [1.165, 1.54) is 6.42 Å². The molecule has 0 aliphatic carbocycles. The van der Waals surface area contributed by atoms with Crippen molar-refractivity contribution in [3.63, 3.8) is 0 Å². The van der Waals surface area contributed by atoms with Crippen molar-refractivity contribution in [2.24, 2.45) is 10.9 Å². The van der Waals surface area contributed by atoms with Crippen LogP contribution in [0, 0.1) is 5.92 Å². The van der Waals surface area contributed by atoms with Crippen molar-refractivity contribution in [3.05, 3.63) is 12.7 Å². The Labute approximate surface area is 151 Å². The molecular formula is C18H33N5O2. The summed E-state index contributed by atoms with van der Waals surface area (Å²) in [5, 5.41) is 6.67. The second-order valence-electron chi connectivity index (χ2n) is 7.07. The fourth-order valence-corrected chi connectivity index (χ4v) is 3.16. The quantitative estimate of drug-likeness (QED) is 0.392. The molecule has 0 spiro atoms. The van der Waals surface area contributed by atoms with Gasteiger partial charge in [-0.25, -0.2) is 4.99 Å². The van der Waals surface area contributed by atoms with Crippen LogP contribution in [0.25, 0.3) is 0 Å². The van der Waals surface area contributed by atoms with Gasteiger partial charge in [0.25, 0.3) is 0 Å². The minimum absolute atomic E-state index is 0.00620. The first-order valence-corrected chi connectivity index (χ1v) is 9.24. The maximum Gasteiger partial charge on any atom is 0.243 e. The Morgan fingerprint density at radius 1 is 1.36 bits per heavy atom. The number of aliphatic imine (C=N–C) groups is 1. The van der Waals surface area contributed by atoms with Gasteiger partial charge in [-0.1, -0.05) is 6.08 Å². The minimum atomic E-state index is -0.00620. The number of likely N-dealkylation sites (tertiary alicyclic amines) is 1. The van der Waals surface area contributed by atoms with Crippen LogP contribution in [0.15, 0.2) is 17.6 Å². The smallest absolute Gasteiger partial charge is 0.243 e. The van der Waals surface area contributed by atoms with Gasteiger partial charge in [0, 0.05) is 52.9 Å². The molecule has 142 valence electrons. The number of carbonyl (C=O) groups is 1. The van der Waals surface area contributed by atoms with E-state index >= 15 is 0 Å². The molecule has 2 N–H and O–H groups in total. The fraction of sp³-hybridized carbons (Fsp3) is 0.778. The molecule has 2 rings (SSSR count). The zero-order valence-corrected chi connectivity index (χ0v) is 15.7. The highest BCUT2D eigenvalue weighted by Crippen LogP contribution is 2.17. The maximum absolute atomic E-state index is 11.7. The summed E-state index contributed by atoms with van der Waals surface area (Å²) in [6, 6.07) is 0.390. The van der Waals surface area contributed by atoms with Crippen LogP contribution in [0.5, 0.6) is 0 Å². The molecular weight excluding hydrogens is 318 g/mol. The van der Waals surface area contributed by atoms with Gasteiger partial charge < -0.3 is 25.2 Å². The Balaban J connectivity index is 1.77. The summed E-state index contributed by atoms with van der Waals surface area (Å²) in [5.74, 6) is 1.39. The molecule has 0 radical (unpaired) electrons. The number of piperidine rings is 1. The average molecular weight is 351 g/mol. The number of likely N-dealkylation sites (N-methyl/N-ethyl adjacent to an activating group) is 1. The van der Waals surface area contributed by atoms with Crippen molar-refractivity contribution in [3.8, 4) is 0 Å². The molecule has 0 bridgehead atoms. The van der Waals surface area contributed by atoms with Crippen molar-refractivity contribution in [1.29, 1.82) is 0 Å². The van der Waals surface area contributed by atoms with Gasteiger partial charge in [-0.3, -0.25) is 4.79 Å². The van der Waals surface area contributed by atoms with Crippen molar-refractivity contribution in [1.82, 2.24) is 20.4 Å². The third kappa shape index (κ3) is 7.04. The molecule has 2 saturated heterocycles. The number of hydrogen-bond donors (Lipinski definition) is 2. The Morgan fingerprint density at radius 2 is 2.12 bits per heavy atom. The molecule has 0 saturated carbocycles. The number of ether oxygens (including phenoxy) is 1. The van der Waals surface area contributed by atoms with Crippen molar-refractivity contribution >= 4 is 11.9 Å². The van der Waals surface area contributed by atoms with E-state index in [9.17, 15) is 4.79 Å². The predicted octanol–water partition coefficient (Wildman–Crippen LogP) is 0.297. The second-order valence-corrected chi connectivity index (χ2v) is 7.07. The zero-order chi connectivity index (χ0) is 18.1. The van der Waals surface area contributed by atoms with Crippen LogP contribution in [0.3, 0.4) is 0 Å². The third-order valence-corrected chi connectivity index (χ3v) is 4.75. The summed E-state index contributed by atoms with van der Waals surface area (Å²) in [6.45, 7) is 9.69. The van der Waals surface area contributed by atoms with E-state index in [1.807, 2.05) is 0 Å². The van der Waals surface area contributed by atoms with E-state index in [2.05, 4.69) is 27.1 Å². The fourth-order valence-electron chi connectivity index (χ4n) is 3.16. The van der Waals surface area contributed by atoms with E-state index in [0.717, 1.165) is 45.7 Å². The molecule has 2 aliphatic heterocycles. The Bertz CT molecular complexity index is 452. The summed E-state index contributed by atoms with van der Waals surface area (Å²) in [6.07, 6.45) is 5.16. The molecule has 1 atom stereocenters. The first kappa shape index (κ1) is 19.7. The molecule has 0 aromatic carbocycles. The van der Waals surface area contributed by atoms with Crippen LogP contribution in [0.1, 0.15) is 19.3 Å². The summed E-state index contributed by atoms with van der Waals surface area (Å²) in [7, 11) is 3.49. The van der Waals surface area contributed by atoms with Gasteiger partial charge in [0.2, 0.25) is 5.91 Å². The first-order valence-electron chi connectivity index (χ1n) is 9.24. The first-order chi connectivity index (χ1) is 12.1. The molecule has 2 heterocycles. The summed E-state index contributed by atoms with van der Waals surface area (Å²) in [4.78, 5) is 20.2. The van der Waals surface area contributed by atoms with E-state index in [-0.39, 0.29) is 12.5 Å². The molecule has 0 aromatic rings. The zero-order valence-electron chi connectivity index (χ0n) is 15.7. The second kappa shape index (κ2) is 10.4.